The highest BCUT2D eigenvalue weighted by Crippen LogP contribution is 2.24. The Kier molecular flexibility index (Phi) is 7.79. The van der Waals surface area contributed by atoms with Crippen molar-refractivity contribution in [1.82, 2.24) is 19.4 Å². The zero-order valence-electron chi connectivity index (χ0n) is 21.7. The zero-order chi connectivity index (χ0) is 26.5. The summed E-state index contributed by atoms with van der Waals surface area (Å²) in [5.74, 6) is 0.101. The van der Waals surface area contributed by atoms with Crippen LogP contribution in [0.15, 0.2) is 79.3 Å². The van der Waals surface area contributed by atoms with Gasteiger partial charge in [0.15, 0.2) is 0 Å². The molecule has 1 aliphatic heterocycles. The highest BCUT2D eigenvalue weighted by molar-refractivity contribution is 6.07. The third-order valence-electron chi connectivity index (χ3n) is 7.47. The number of nitrogens with zero attached hydrogens (tertiary/aromatic N) is 5. The minimum atomic E-state index is -0.380. The third kappa shape index (κ3) is 5.60. The van der Waals surface area contributed by atoms with E-state index in [4.69, 9.17) is 0 Å². The second-order valence-corrected chi connectivity index (χ2v) is 9.98. The van der Waals surface area contributed by atoms with Crippen molar-refractivity contribution in [2.24, 2.45) is 0 Å². The number of nitro groups is 1. The summed E-state index contributed by atoms with van der Waals surface area (Å²) in [6.45, 7) is 5.07. The molecular formula is C30H33N5O3. The van der Waals surface area contributed by atoms with E-state index in [1.807, 2.05) is 59.9 Å². The van der Waals surface area contributed by atoms with Crippen LogP contribution in [-0.4, -0.2) is 55.9 Å². The normalized spacial score (nSPS) is 16.1. The van der Waals surface area contributed by atoms with Gasteiger partial charge in [-0.05, 0) is 28.8 Å². The Morgan fingerprint density at radius 3 is 2.63 bits per heavy atom. The van der Waals surface area contributed by atoms with Crippen LogP contribution in [0.1, 0.15) is 47.8 Å². The molecule has 1 aromatic heterocycles. The number of carbonyl (C=O) groups is 1. The zero-order valence-corrected chi connectivity index (χ0v) is 21.7. The molecule has 0 aliphatic carbocycles. The average Bonchev–Trinajstić information content (AvgIpc) is 3.38. The van der Waals surface area contributed by atoms with Gasteiger partial charge in [0.25, 0.3) is 11.6 Å². The average molecular weight is 512 g/mol. The highest BCUT2D eigenvalue weighted by atomic mass is 16.6. The van der Waals surface area contributed by atoms with Crippen molar-refractivity contribution in [3.05, 3.63) is 106 Å². The van der Waals surface area contributed by atoms with Crippen LogP contribution in [0.3, 0.4) is 0 Å². The molecule has 2 heterocycles. The molecule has 8 nitrogen and oxygen atoms in total. The van der Waals surface area contributed by atoms with Crippen molar-refractivity contribution in [3.8, 4) is 0 Å². The molecule has 0 bridgehead atoms. The number of benzene rings is 3. The third-order valence-corrected chi connectivity index (χ3v) is 7.47. The lowest BCUT2D eigenvalue weighted by molar-refractivity contribution is -0.384. The number of non-ortho nitro benzene ring substituents is 1. The molecule has 0 saturated carbocycles. The number of carbonyl (C=O) groups excluding carboxylic acids is 1. The van der Waals surface area contributed by atoms with Crippen molar-refractivity contribution < 1.29 is 9.72 Å². The van der Waals surface area contributed by atoms with Crippen LogP contribution in [0.2, 0.25) is 0 Å². The van der Waals surface area contributed by atoms with E-state index in [-0.39, 0.29) is 22.6 Å². The highest BCUT2D eigenvalue weighted by Gasteiger charge is 2.30. The second-order valence-electron chi connectivity index (χ2n) is 9.98. The molecule has 0 N–H and O–H groups in total. The number of aromatic nitrogens is 2. The molecule has 1 amide bonds. The number of nitro benzene ring substituents is 1. The van der Waals surface area contributed by atoms with Crippen LogP contribution in [0.4, 0.5) is 5.69 Å². The molecule has 8 heteroatoms. The van der Waals surface area contributed by atoms with Crippen LogP contribution < -0.4 is 0 Å². The number of unbranched alkanes of at least 4 members (excludes halogenated alkanes) is 1. The van der Waals surface area contributed by atoms with Gasteiger partial charge >= 0.3 is 0 Å². The molecule has 0 unspecified atom stereocenters. The van der Waals surface area contributed by atoms with Gasteiger partial charge in [0.05, 0.1) is 17.9 Å². The van der Waals surface area contributed by atoms with Crippen LogP contribution in [0.25, 0.3) is 10.8 Å². The van der Waals surface area contributed by atoms with E-state index in [1.165, 1.54) is 0 Å². The maximum absolute atomic E-state index is 13.6. The Morgan fingerprint density at radius 1 is 1.05 bits per heavy atom. The Hall–Kier alpha value is -4.04. The fourth-order valence-electron chi connectivity index (χ4n) is 5.32. The summed E-state index contributed by atoms with van der Waals surface area (Å²) < 4.78 is 2.16. The molecule has 0 radical (unpaired) electrons. The Balaban J connectivity index is 1.30. The van der Waals surface area contributed by atoms with Crippen molar-refractivity contribution in [3.63, 3.8) is 0 Å². The summed E-state index contributed by atoms with van der Waals surface area (Å²) in [5.41, 5.74) is 2.93. The lowest BCUT2D eigenvalue weighted by Gasteiger charge is -2.42. The summed E-state index contributed by atoms with van der Waals surface area (Å²) in [4.78, 5) is 33.1. The maximum atomic E-state index is 13.6. The van der Waals surface area contributed by atoms with Crippen LogP contribution in [0.5, 0.6) is 0 Å². The summed E-state index contributed by atoms with van der Waals surface area (Å²) in [6.07, 6.45) is 7.61. The largest absolute Gasteiger partial charge is 0.336 e. The molecule has 0 spiro atoms. The minimum absolute atomic E-state index is 0.0944. The SMILES string of the molecule is CCCC[C@H]1CN(C(=O)c2cccc3ccccc23)CCN1Cn1cncc1Cc1ccc([N+](=O)[O-])cc1. The summed E-state index contributed by atoms with van der Waals surface area (Å²) >= 11 is 0. The van der Waals surface area contributed by atoms with Gasteiger partial charge < -0.3 is 9.47 Å². The number of hydrogen-bond acceptors (Lipinski definition) is 5. The standard InChI is InChI=1S/C30H33N5O3/c1-2-3-9-26-20-32(30(36)29-11-6-8-24-7-4-5-10-28(24)29)16-17-33(26)22-34-21-31-19-27(34)18-23-12-14-25(15-13-23)35(37)38/h4-8,10-15,19,21,26H,2-3,9,16-18,20,22H2,1H3/t26-/m0/s1. The van der Waals surface area contributed by atoms with E-state index in [1.54, 1.807) is 24.3 Å². The first kappa shape index (κ1) is 25.6. The van der Waals surface area contributed by atoms with E-state index >= 15 is 0 Å². The van der Waals surface area contributed by atoms with E-state index in [9.17, 15) is 14.9 Å². The van der Waals surface area contributed by atoms with Crippen LogP contribution in [-0.2, 0) is 13.1 Å². The number of amides is 1. The molecule has 1 fully saturated rings. The first-order valence-electron chi connectivity index (χ1n) is 13.3. The van der Waals surface area contributed by atoms with Gasteiger partial charge in [-0.25, -0.2) is 4.98 Å². The van der Waals surface area contributed by atoms with Gasteiger partial charge in [-0.3, -0.25) is 19.8 Å². The van der Waals surface area contributed by atoms with Gasteiger partial charge in [0.2, 0.25) is 0 Å². The lowest BCUT2D eigenvalue weighted by Crippen LogP contribution is -2.55. The number of rotatable bonds is 9. The first-order valence-corrected chi connectivity index (χ1v) is 13.3. The number of fused-ring (bicyclic) bond motifs is 1. The molecule has 1 aliphatic rings. The maximum Gasteiger partial charge on any atom is 0.269 e. The Morgan fingerprint density at radius 2 is 1.84 bits per heavy atom. The van der Waals surface area contributed by atoms with Crippen LogP contribution >= 0.6 is 0 Å². The van der Waals surface area contributed by atoms with E-state index in [2.05, 4.69) is 21.4 Å². The number of piperazine rings is 1. The number of imidazole rings is 1. The van der Waals surface area contributed by atoms with Gasteiger partial charge in [-0.2, -0.15) is 0 Å². The summed E-state index contributed by atoms with van der Waals surface area (Å²) in [5, 5.41) is 13.1. The molecule has 38 heavy (non-hydrogen) atoms. The molecule has 5 rings (SSSR count). The minimum Gasteiger partial charge on any atom is -0.336 e. The summed E-state index contributed by atoms with van der Waals surface area (Å²) in [6, 6.07) is 21.0. The van der Waals surface area contributed by atoms with E-state index in [0.29, 0.717) is 26.2 Å². The lowest BCUT2D eigenvalue weighted by atomic mass is 10.0. The smallest absolute Gasteiger partial charge is 0.269 e. The molecule has 4 aromatic rings. The van der Waals surface area contributed by atoms with Crippen molar-refractivity contribution in [2.75, 3.05) is 19.6 Å². The Bertz CT molecular complexity index is 1410. The molecule has 1 atom stereocenters. The van der Waals surface area contributed by atoms with Crippen molar-refractivity contribution in [2.45, 2.75) is 45.3 Å². The fourth-order valence-corrected chi connectivity index (χ4v) is 5.32. The van der Waals surface area contributed by atoms with E-state index < -0.39 is 0 Å². The molecular weight excluding hydrogens is 478 g/mol. The van der Waals surface area contributed by atoms with Crippen molar-refractivity contribution >= 4 is 22.4 Å². The predicted molar refractivity (Wildman–Crippen MR) is 148 cm³/mol. The second kappa shape index (κ2) is 11.6. The van der Waals surface area contributed by atoms with Crippen molar-refractivity contribution in [1.29, 1.82) is 0 Å². The fraction of sp³-hybridized carbons (Fsp3) is 0.333. The molecule has 3 aromatic carbocycles. The first-order chi connectivity index (χ1) is 18.5. The topological polar surface area (TPSA) is 84.5 Å². The molecule has 196 valence electrons. The number of hydrogen-bond donors (Lipinski definition) is 0. The predicted octanol–water partition coefficient (Wildman–Crippen LogP) is 5.51. The van der Waals surface area contributed by atoms with Gasteiger partial charge in [0.1, 0.15) is 0 Å². The van der Waals surface area contributed by atoms with Crippen LogP contribution in [0, 0.1) is 10.1 Å². The monoisotopic (exact) mass is 511 g/mol. The summed E-state index contributed by atoms with van der Waals surface area (Å²) in [7, 11) is 0. The van der Waals surface area contributed by atoms with Gasteiger partial charge in [-0.15, -0.1) is 0 Å². The quantitative estimate of drug-likeness (QED) is 0.219. The van der Waals surface area contributed by atoms with Gasteiger partial charge in [-0.1, -0.05) is 68.3 Å². The van der Waals surface area contributed by atoms with E-state index in [0.717, 1.165) is 53.4 Å². The van der Waals surface area contributed by atoms with Gasteiger partial charge in [0, 0.05) is 61.7 Å². The molecule has 1 saturated heterocycles. The Labute approximate surface area is 222 Å².